The molecule has 6 heteroatoms. The van der Waals surface area contributed by atoms with Crippen LogP contribution in [0.15, 0.2) is 6.07 Å². The third kappa shape index (κ3) is 3.38. The summed E-state index contributed by atoms with van der Waals surface area (Å²) in [4.78, 5) is 16.3. The maximum absolute atomic E-state index is 12.4. The zero-order chi connectivity index (χ0) is 14.6. The molecule has 3 N–H and O–H groups in total. The van der Waals surface area contributed by atoms with E-state index >= 15 is 0 Å². The van der Waals surface area contributed by atoms with Gasteiger partial charge in [-0.3, -0.25) is 4.79 Å². The van der Waals surface area contributed by atoms with Crippen molar-refractivity contribution < 1.29 is 4.79 Å². The summed E-state index contributed by atoms with van der Waals surface area (Å²) in [6.07, 6.45) is 1.34. The molecular weight excluding hydrogens is 285 g/mol. The number of carbonyl (C=O) groups excluding carboxylic acids is 1. The fourth-order valence-corrected chi connectivity index (χ4v) is 2.52. The number of carbonyl (C=O) groups is 1. The SMILES string of the molecule is CCC(CC)(CN)C(=O)Nc1c(C)cc(Cl)nc1Cl. The Morgan fingerprint density at radius 1 is 1.42 bits per heavy atom. The van der Waals surface area contributed by atoms with Gasteiger partial charge < -0.3 is 11.1 Å². The van der Waals surface area contributed by atoms with Gasteiger partial charge in [0.25, 0.3) is 0 Å². The van der Waals surface area contributed by atoms with Crippen LogP contribution in [0.3, 0.4) is 0 Å². The number of halogens is 2. The van der Waals surface area contributed by atoms with Crippen molar-refractivity contribution in [1.82, 2.24) is 4.98 Å². The van der Waals surface area contributed by atoms with Crippen LogP contribution < -0.4 is 11.1 Å². The Balaban J connectivity index is 3.06. The third-order valence-electron chi connectivity index (χ3n) is 3.61. The van der Waals surface area contributed by atoms with E-state index in [0.29, 0.717) is 30.2 Å². The molecule has 0 atom stereocenters. The van der Waals surface area contributed by atoms with Gasteiger partial charge in [-0.05, 0) is 31.4 Å². The Labute approximate surface area is 123 Å². The number of nitrogens with two attached hydrogens (primary N) is 1. The van der Waals surface area contributed by atoms with Crippen LogP contribution in [0.2, 0.25) is 10.3 Å². The van der Waals surface area contributed by atoms with Crippen LogP contribution >= 0.6 is 23.2 Å². The smallest absolute Gasteiger partial charge is 0.231 e. The molecule has 0 saturated heterocycles. The largest absolute Gasteiger partial charge is 0.329 e. The lowest BCUT2D eigenvalue weighted by Gasteiger charge is -2.29. The van der Waals surface area contributed by atoms with Gasteiger partial charge >= 0.3 is 0 Å². The molecule has 1 aromatic heterocycles. The first-order chi connectivity index (χ1) is 8.90. The first-order valence-corrected chi connectivity index (χ1v) is 7.00. The van der Waals surface area contributed by atoms with Gasteiger partial charge in [0.15, 0.2) is 5.15 Å². The van der Waals surface area contributed by atoms with Crippen molar-refractivity contribution in [3.8, 4) is 0 Å². The van der Waals surface area contributed by atoms with Crippen LogP contribution in [0.5, 0.6) is 0 Å². The molecule has 1 aromatic rings. The second-order valence-electron chi connectivity index (χ2n) is 4.57. The summed E-state index contributed by atoms with van der Waals surface area (Å²) >= 11 is 11.8. The summed E-state index contributed by atoms with van der Waals surface area (Å²) in [5.74, 6) is -0.130. The molecular formula is C13H19Cl2N3O. The minimum atomic E-state index is -0.574. The number of amides is 1. The molecule has 0 aliphatic carbocycles. The predicted molar refractivity (Wildman–Crippen MR) is 79.7 cm³/mol. The van der Waals surface area contributed by atoms with Crippen molar-refractivity contribution in [1.29, 1.82) is 0 Å². The number of hydrogen-bond acceptors (Lipinski definition) is 3. The zero-order valence-corrected chi connectivity index (χ0v) is 12.9. The van der Waals surface area contributed by atoms with Gasteiger partial charge in [-0.15, -0.1) is 0 Å². The average Bonchev–Trinajstić information content (AvgIpc) is 2.36. The van der Waals surface area contributed by atoms with Crippen molar-refractivity contribution in [2.45, 2.75) is 33.6 Å². The number of aryl methyl sites for hydroxylation is 1. The molecule has 0 spiro atoms. The first-order valence-electron chi connectivity index (χ1n) is 6.24. The van der Waals surface area contributed by atoms with E-state index in [4.69, 9.17) is 28.9 Å². The zero-order valence-electron chi connectivity index (χ0n) is 11.4. The first kappa shape index (κ1) is 16.2. The molecule has 106 valence electrons. The number of nitrogens with zero attached hydrogens (tertiary/aromatic N) is 1. The van der Waals surface area contributed by atoms with Crippen LogP contribution in [0.25, 0.3) is 0 Å². The Bertz CT molecular complexity index is 442. The van der Waals surface area contributed by atoms with Crippen molar-refractivity contribution in [2.75, 3.05) is 11.9 Å². The summed E-state index contributed by atoms with van der Waals surface area (Å²) in [5.41, 5.74) is 6.45. The number of nitrogens with one attached hydrogen (secondary N) is 1. The van der Waals surface area contributed by atoms with Crippen LogP contribution in [-0.2, 0) is 4.79 Å². The summed E-state index contributed by atoms with van der Waals surface area (Å²) in [7, 11) is 0. The van der Waals surface area contributed by atoms with Gasteiger partial charge in [0, 0.05) is 6.54 Å². The maximum Gasteiger partial charge on any atom is 0.231 e. The molecule has 0 aliphatic heterocycles. The molecule has 4 nitrogen and oxygen atoms in total. The molecule has 1 amide bonds. The van der Waals surface area contributed by atoms with E-state index in [0.717, 1.165) is 5.56 Å². The Morgan fingerprint density at radius 2 is 2.00 bits per heavy atom. The van der Waals surface area contributed by atoms with Gasteiger partial charge in [0.05, 0.1) is 11.1 Å². The maximum atomic E-state index is 12.4. The highest BCUT2D eigenvalue weighted by molar-refractivity contribution is 6.34. The topological polar surface area (TPSA) is 68.0 Å². The summed E-state index contributed by atoms with van der Waals surface area (Å²) in [6.45, 7) is 6.01. The quantitative estimate of drug-likeness (QED) is 0.819. The van der Waals surface area contributed by atoms with Gasteiger partial charge in [-0.1, -0.05) is 37.0 Å². The highest BCUT2D eigenvalue weighted by atomic mass is 35.5. The Morgan fingerprint density at radius 3 is 2.42 bits per heavy atom. The minimum Gasteiger partial charge on any atom is -0.329 e. The molecule has 0 bridgehead atoms. The lowest BCUT2D eigenvalue weighted by atomic mass is 9.81. The molecule has 0 aliphatic rings. The number of hydrogen-bond donors (Lipinski definition) is 2. The standard InChI is InChI=1S/C13H19Cl2N3O/c1-4-13(5-2,7-16)12(19)18-10-8(3)6-9(14)17-11(10)15/h6H,4-5,7,16H2,1-3H3,(H,18,19). The van der Waals surface area contributed by atoms with Crippen molar-refractivity contribution >= 4 is 34.8 Å². The third-order valence-corrected chi connectivity index (χ3v) is 4.07. The van der Waals surface area contributed by atoms with Crippen molar-refractivity contribution in [3.63, 3.8) is 0 Å². The van der Waals surface area contributed by atoms with Crippen LogP contribution in [0.4, 0.5) is 5.69 Å². The number of anilines is 1. The molecule has 19 heavy (non-hydrogen) atoms. The second kappa shape index (κ2) is 6.55. The minimum absolute atomic E-state index is 0.130. The highest BCUT2D eigenvalue weighted by Crippen LogP contribution is 2.31. The lowest BCUT2D eigenvalue weighted by Crippen LogP contribution is -2.41. The van der Waals surface area contributed by atoms with E-state index in [-0.39, 0.29) is 11.1 Å². The van der Waals surface area contributed by atoms with Gasteiger partial charge in [-0.25, -0.2) is 4.98 Å². The average molecular weight is 304 g/mol. The predicted octanol–water partition coefficient (Wildman–Crippen LogP) is 3.40. The van der Waals surface area contributed by atoms with E-state index in [2.05, 4.69) is 10.3 Å². The van der Waals surface area contributed by atoms with E-state index in [1.807, 2.05) is 20.8 Å². The van der Waals surface area contributed by atoms with E-state index < -0.39 is 5.41 Å². The fourth-order valence-electron chi connectivity index (χ4n) is 1.94. The highest BCUT2D eigenvalue weighted by Gasteiger charge is 2.34. The number of pyridine rings is 1. The van der Waals surface area contributed by atoms with Crippen LogP contribution in [-0.4, -0.2) is 17.4 Å². The van der Waals surface area contributed by atoms with Crippen molar-refractivity contribution in [2.24, 2.45) is 11.1 Å². The molecule has 0 aromatic carbocycles. The summed E-state index contributed by atoms with van der Waals surface area (Å²) in [6, 6.07) is 1.66. The van der Waals surface area contributed by atoms with Crippen LogP contribution in [0.1, 0.15) is 32.3 Å². The molecule has 0 saturated carbocycles. The fraction of sp³-hybridized carbons (Fsp3) is 0.538. The van der Waals surface area contributed by atoms with E-state index in [9.17, 15) is 4.79 Å². The van der Waals surface area contributed by atoms with Crippen molar-refractivity contribution in [3.05, 3.63) is 21.9 Å². The monoisotopic (exact) mass is 303 g/mol. The summed E-state index contributed by atoms with van der Waals surface area (Å²) in [5, 5.41) is 3.32. The molecule has 1 heterocycles. The number of aromatic nitrogens is 1. The van der Waals surface area contributed by atoms with E-state index in [1.165, 1.54) is 0 Å². The lowest BCUT2D eigenvalue weighted by molar-refractivity contribution is -0.125. The van der Waals surface area contributed by atoms with Crippen LogP contribution in [0, 0.1) is 12.3 Å². The second-order valence-corrected chi connectivity index (χ2v) is 5.32. The normalized spacial score (nSPS) is 11.5. The number of rotatable bonds is 5. The van der Waals surface area contributed by atoms with E-state index in [1.54, 1.807) is 6.07 Å². The molecule has 0 unspecified atom stereocenters. The molecule has 0 radical (unpaired) electrons. The summed E-state index contributed by atoms with van der Waals surface area (Å²) < 4.78 is 0. The van der Waals surface area contributed by atoms with Gasteiger partial charge in [0.1, 0.15) is 5.15 Å². The van der Waals surface area contributed by atoms with Gasteiger partial charge in [0.2, 0.25) is 5.91 Å². The van der Waals surface area contributed by atoms with Gasteiger partial charge in [-0.2, -0.15) is 0 Å². The Hall–Kier alpha value is -0.840. The molecule has 1 rings (SSSR count). The Kier molecular flexibility index (Phi) is 5.59. The molecule has 0 fully saturated rings.